The molecule has 0 bridgehead atoms. The van der Waals surface area contributed by atoms with Crippen molar-refractivity contribution in [1.82, 2.24) is 5.06 Å². The number of fused-ring (bicyclic) bond motifs is 1. The Balaban J connectivity index is 1.45. The fourth-order valence-electron chi connectivity index (χ4n) is 3.20. The molecule has 0 amide bonds. The Morgan fingerprint density at radius 1 is 1.20 bits per heavy atom. The second kappa shape index (κ2) is 7.01. The van der Waals surface area contributed by atoms with Gasteiger partial charge in [-0.05, 0) is 37.8 Å². The molecule has 1 aliphatic carbocycles. The number of guanidine groups is 2. The van der Waals surface area contributed by atoms with Gasteiger partial charge >= 0.3 is 0 Å². The summed E-state index contributed by atoms with van der Waals surface area (Å²) < 4.78 is 6.08. The van der Waals surface area contributed by atoms with E-state index in [0.717, 1.165) is 12.8 Å². The van der Waals surface area contributed by atoms with E-state index in [1.807, 2.05) is 13.8 Å². The number of nitrogens with zero attached hydrogens (tertiary/aromatic N) is 3. The lowest BCUT2D eigenvalue weighted by atomic mass is 10.1. The van der Waals surface area contributed by atoms with Crippen LogP contribution in [0.1, 0.15) is 31.9 Å². The van der Waals surface area contributed by atoms with Crippen molar-refractivity contribution in [2.24, 2.45) is 27.4 Å². The molecule has 1 unspecified atom stereocenters. The van der Waals surface area contributed by atoms with E-state index in [9.17, 15) is 0 Å². The van der Waals surface area contributed by atoms with Crippen LogP contribution < -0.4 is 11.5 Å². The highest BCUT2D eigenvalue weighted by molar-refractivity contribution is 5.95. The minimum atomic E-state index is -0.677. The van der Waals surface area contributed by atoms with Gasteiger partial charge in [-0.2, -0.15) is 10.1 Å². The van der Waals surface area contributed by atoms with Gasteiger partial charge in [0.2, 0.25) is 11.9 Å². The summed E-state index contributed by atoms with van der Waals surface area (Å²) in [5, 5.41) is 1.51. The molecular formula is C18H27N5O2. The lowest BCUT2D eigenvalue weighted by Gasteiger charge is -2.37. The summed E-state index contributed by atoms with van der Waals surface area (Å²) in [6.07, 6.45) is 2.22. The van der Waals surface area contributed by atoms with Crippen molar-refractivity contribution in [3.05, 3.63) is 35.4 Å². The molecule has 1 aromatic carbocycles. The van der Waals surface area contributed by atoms with Crippen LogP contribution in [-0.4, -0.2) is 42.0 Å². The van der Waals surface area contributed by atoms with Crippen LogP contribution in [0.4, 0.5) is 0 Å². The molecule has 1 aromatic rings. The molecule has 0 saturated heterocycles. The van der Waals surface area contributed by atoms with Gasteiger partial charge in [0.1, 0.15) is 0 Å². The van der Waals surface area contributed by atoms with Gasteiger partial charge in [0.05, 0.1) is 19.3 Å². The molecule has 0 spiro atoms. The summed E-state index contributed by atoms with van der Waals surface area (Å²) in [6, 6.07) is 8.52. The van der Waals surface area contributed by atoms with Crippen LogP contribution >= 0.6 is 0 Å². The second-order valence-corrected chi connectivity index (χ2v) is 7.26. The third kappa shape index (κ3) is 4.11. The third-order valence-electron chi connectivity index (χ3n) is 4.44. The van der Waals surface area contributed by atoms with Gasteiger partial charge in [0, 0.05) is 5.92 Å². The molecule has 1 aliphatic heterocycles. The van der Waals surface area contributed by atoms with Crippen LogP contribution in [0.15, 0.2) is 34.3 Å². The molecule has 0 aromatic heterocycles. The Labute approximate surface area is 148 Å². The first-order valence-electron chi connectivity index (χ1n) is 8.66. The van der Waals surface area contributed by atoms with Crippen molar-refractivity contribution in [3.8, 4) is 0 Å². The van der Waals surface area contributed by atoms with E-state index in [-0.39, 0.29) is 23.9 Å². The molecule has 7 nitrogen and oxygen atoms in total. The monoisotopic (exact) mass is 345 g/mol. The van der Waals surface area contributed by atoms with Gasteiger partial charge in [-0.1, -0.05) is 31.2 Å². The predicted molar refractivity (Wildman–Crippen MR) is 97.9 cm³/mol. The molecule has 0 saturated carbocycles. The molecule has 0 radical (unpaired) electrons. The lowest BCUT2D eigenvalue weighted by molar-refractivity contribution is -0.170. The SMILES string of the molecule is CC(COC1Cc2ccccc2C1)CON1C(N)=NC(N)=NC1(C)C. The van der Waals surface area contributed by atoms with Gasteiger partial charge < -0.3 is 16.2 Å². The number of hydrogen-bond donors (Lipinski definition) is 2. The number of hydrogen-bond acceptors (Lipinski definition) is 7. The number of hydroxylamine groups is 2. The molecular weight excluding hydrogens is 318 g/mol. The number of rotatable bonds is 6. The zero-order valence-corrected chi connectivity index (χ0v) is 15.1. The number of ether oxygens (including phenoxy) is 1. The standard InChI is InChI=1S/C18H27N5O2/c1-12(10-24-15-8-13-6-4-5-7-14(13)9-15)11-25-23-17(20)21-16(19)22-18(23,2)3/h4-7,12,15H,8-11H2,1-3H3,(H4,19,20,21,22). The van der Waals surface area contributed by atoms with E-state index in [0.29, 0.717) is 13.2 Å². The van der Waals surface area contributed by atoms with Crippen LogP contribution in [0.5, 0.6) is 0 Å². The molecule has 7 heteroatoms. The predicted octanol–water partition coefficient (Wildman–Crippen LogP) is 1.42. The average molecular weight is 345 g/mol. The summed E-state index contributed by atoms with van der Waals surface area (Å²) >= 11 is 0. The summed E-state index contributed by atoms with van der Waals surface area (Å²) in [7, 11) is 0. The summed E-state index contributed by atoms with van der Waals surface area (Å²) in [4.78, 5) is 14.0. The summed E-state index contributed by atoms with van der Waals surface area (Å²) in [5.74, 6) is 0.604. The summed E-state index contributed by atoms with van der Waals surface area (Å²) in [5.41, 5.74) is 13.7. The minimum absolute atomic E-state index is 0.166. The fraction of sp³-hybridized carbons (Fsp3) is 0.556. The Hall–Kier alpha value is -2.12. The Morgan fingerprint density at radius 3 is 2.44 bits per heavy atom. The first kappa shape index (κ1) is 17.7. The van der Waals surface area contributed by atoms with Crippen molar-refractivity contribution in [3.63, 3.8) is 0 Å². The van der Waals surface area contributed by atoms with Gasteiger partial charge in [0.15, 0.2) is 5.66 Å². The molecule has 25 heavy (non-hydrogen) atoms. The van der Waals surface area contributed by atoms with Crippen molar-refractivity contribution in [2.75, 3.05) is 13.2 Å². The molecule has 3 rings (SSSR count). The van der Waals surface area contributed by atoms with Gasteiger partial charge in [-0.3, -0.25) is 4.84 Å². The molecule has 1 heterocycles. The normalized spacial score (nSPS) is 20.8. The quantitative estimate of drug-likeness (QED) is 0.812. The molecule has 136 valence electrons. The Morgan fingerprint density at radius 2 is 1.84 bits per heavy atom. The molecule has 2 aliphatic rings. The number of nitrogens with two attached hydrogens (primary N) is 2. The minimum Gasteiger partial charge on any atom is -0.377 e. The van der Waals surface area contributed by atoms with Gasteiger partial charge in [-0.15, -0.1) is 0 Å². The number of aliphatic imine (C=N–C) groups is 2. The van der Waals surface area contributed by atoms with E-state index in [4.69, 9.17) is 21.0 Å². The highest BCUT2D eigenvalue weighted by atomic mass is 16.7. The van der Waals surface area contributed by atoms with E-state index in [1.165, 1.54) is 16.2 Å². The highest BCUT2D eigenvalue weighted by Gasteiger charge is 2.33. The number of benzene rings is 1. The molecule has 0 fully saturated rings. The zero-order chi connectivity index (χ0) is 18.0. The van der Waals surface area contributed by atoms with Crippen LogP contribution in [0.3, 0.4) is 0 Å². The molecule has 4 N–H and O–H groups in total. The van der Waals surface area contributed by atoms with Crippen LogP contribution in [-0.2, 0) is 22.4 Å². The van der Waals surface area contributed by atoms with Crippen molar-refractivity contribution in [2.45, 2.75) is 45.4 Å². The third-order valence-corrected chi connectivity index (χ3v) is 4.44. The molecule has 1 atom stereocenters. The van der Waals surface area contributed by atoms with Gasteiger partial charge in [-0.25, -0.2) is 4.99 Å². The first-order chi connectivity index (χ1) is 11.8. The van der Waals surface area contributed by atoms with Gasteiger partial charge in [0.25, 0.3) is 0 Å². The van der Waals surface area contributed by atoms with E-state index in [1.54, 1.807) is 0 Å². The van der Waals surface area contributed by atoms with Crippen molar-refractivity contribution < 1.29 is 9.57 Å². The summed E-state index contributed by atoms with van der Waals surface area (Å²) in [6.45, 7) is 6.94. The largest absolute Gasteiger partial charge is 0.377 e. The van der Waals surface area contributed by atoms with E-state index < -0.39 is 5.66 Å². The second-order valence-electron chi connectivity index (χ2n) is 7.26. The van der Waals surface area contributed by atoms with E-state index in [2.05, 4.69) is 41.2 Å². The first-order valence-corrected chi connectivity index (χ1v) is 8.66. The topological polar surface area (TPSA) is 98.5 Å². The maximum Gasteiger partial charge on any atom is 0.226 e. The zero-order valence-electron chi connectivity index (χ0n) is 15.1. The Bertz CT molecular complexity index is 661. The van der Waals surface area contributed by atoms with Crippen LogP contribution in [0.25, 0.3) is 0 Å². The maximum atomic E-state index is 6.08. The smallest absolute Gasteiger partial charge is 0.226 e. The highest BCUT2D eigenvalue weighted by Crippen LogP contribution is 2.24. The lowest BCUT2D eigenvalue weighted by Crippen LogP contribution is -2.54. The fourth-order valence-corrected chi connectivity index (χ4v) is 3.20. The van der Waals surface area contributed by atoms with Crippen molar-refractivity contribution >= 4 is 11.9 Å². The van der Waals surface area contributed by atoms with Crippen LogP contribution in [0.2, 0.25) is 0 Å². The Kier molecular flexibility index (Phi) is 4.96. The van der Waals surface area contributed by atoms with Crippen LogP contribution in [0, 0.1) is 5.92 Å². The van der Waals surface area contributed by atoms with Crippen molar-refractivity contribution in [1.29, 1.82) is 0 Å². The van der Waals surface area contributed by atoms with E-state index >= 15 is 0 Å². The average Bonchev–Trinajstić information content (AvgIpc) is 2.94. The maximum absolute atomic E-state index is 6.08.